The van der Waals surface area contributed by atoms with Gasteiger partial charge in [0, 0.05) is 7.11 Å². The van der Waals surface area contributed by atoms with Gasteiger partial charge in [0.15, 0.2) is 0 Å². The van der Waals surface area contributed by atoms with Crippen LogP contribution in [0.2, 0.25) is 0 Å². The van der Waals surface area contributed by atoms with E-state index in [9.17, 15) is 13.2 Å². The summed E-state index contributed by atoms with van der Waals surface area (Å²) in [5, 5.41) is 9.11. The zero-order chi connectivity index (χ0) is 16.2. The van der Waals surface area contributed by atoms with Crippen LogP contribution >= 0.6 is 0 Å². The minimum atomic E-state index is -3.86. The van der Waals surface area contributed by atoms with Crippen LogP contribution in [-0.4, -0.2) is 39.3 Å². The number of carboxylic acids is 1. The van der Waals surface area contributed by atoms with Crippen LogP contribution in [0.5, 0.6) is 0 Å². The van der Waals surface area contributed by atoms with Crippen LogP contribution in [0.3, 0.4) is 0 Å². The van der Waals surface area contributed by atoms with Crippen molar-refractivity contribution in [3.8, 4) is 0 Å². The molecule has 0 aliphatic rings. The minimum Gasteiger partial charge on any atom is -0.478 e. The lowest BCUT2D eigenvalue weighted by molar-refractivity contribution is 0.0696. The van der Waals surface area contributed by atoms with Crippen LogP contribution in [0.25, 0.3) is 0 Å². The fraction of sp³-hybridized carbons (Fsp3) is 0.357. The van der Waals surface area contributed by atoms with Crippen LogP contribution in [0, 0.1) is 13.8 Å². The molecule has 1 aromatic carbocycles. The zero-order valence-corrected chi connectivity index (χ0v) is 13.0. The molecule has 0 saturated carbocycles. The van der Waals surface area contributed by atoms with Gasteiger partial charge in [-0.1, -0.05) is 12.1 Å². The molecule has 0 amide bonds. The summed E-state index contributed by atoms with van der Waals surface area (Å²) in [6.45, 7) is 6.92. The van der Waals surface area contributed by atoms with E-state index in [0.29, 0.717) is 11.1 Å². The highest BCUT2D eigenvalue weighted by molar-refractivity contribution is 7.89. The van der Waals surface area contributed by atoms with Crippen molar-refractivity contribution in [2.45, 2.75) is 24.8 Å². The third-order valence-corrected chi connectivity index (χ3v) is 4.61. The number of hydrogen-bond donors (Lipinski definition) is 2. The third-order valence-electron chi connectivity index (χ3n) is 2.98. The van der Waals surface area contributed by atoms with Gasteiger partial charge in [-0.05, 0) is 31.0 Å². The fourth-order valence-electron chi connectivity index (χ4n) is 1.94. The van der Waals surface area contributed by atoms with Crippen molar-refractivity contribution in [2.24, 2.45) is 0 Å². The van der Waals surface area contributed by atoms with Crippen molar-refractivity contribution in [3.63, 3.8) is 0 Å². The molecule has 1 unspecified atom stereocenters. The Kier molecular flexibility index (Phi) is 5.65. The van der Waals surface area contributed by atoms with E-state index in [2.05, 4.69) is 11.3 Å². The topological polar surface area (TPSA) is 92.7 Å². The second kappa shape index (κ2) is 6.84. The van der Waals surface area contributed by atoms with Crippen molar-refractivity contribution in [2.75, 3.05) is 13.7 Å². The highest BCUT2D eigenvalue weighted by atomic mass is 32.2. The van der Waals surface area contributed by atoms with Gasteiger partial charge < -0.3 is 9.84 Å². The first kappa shape index (κ1) is 17.4. The fourth-order valence-corrected chi connectivity index (χ4v) is 3.39. The molecule has 0 saturated heterocycles. The molecule has 2 N–H and O–H groups in total. The molecule has 0 radical (unpaired) electrons. The lowest BCUT2D eigenvalue weighted by Gasteiger charge is -2.16. The van der Waals surface area contributed by atoms with Gasteiger partial charge in [-0.2, -0.15) is 0 Å². The van der Waals surface area contributed by atoms with E-state index in [1.807, 2.05) is 0 Å². The number of sulfonamides is 1. The van der Waals surface area contributed by atoms with Crippen molar-refractivity contribution >= 4 is 16.0 Å². The van der Waals surface area contributed by atoms with E-state index < -0.39 is 22.0 Å². The summed E-state index contributed by atoms with van der Waals surface area (Å²) < 4.78 is 32.1. The van der Waals surface area contributed by atoms with Crippen molar-refractivity contribution in [3.05, 3.63) is 41.5 Å². The molecule has 0 heterocycles. The molecule has 0 bridgehead atoms. The van der Waals surface area contributed by atoms with Crippen LogP contribution in [0.1, 0.15) is 21.5 Å². The van der Waals surface area contributed by atoms with E-state index >= 15 is 0 Å². The third kappa shape index (κ3) is 4.13. The van der Waals surface area contributed by atoms with E-state index in [1.165, 1.54) is 25.3 Å². The molecule has 7 heteroatoms. The van der Waals surface area contributed by atoms with Gasteiger partial charge in [0.1, 0.15) is 0 Å². The molecule has 6 nitrogen and oxygen atoms in total. The van der Waals surface area contributed by atoms with Gasteiger partial charge in [0.25, 0.3) is 0 Å². The maximum absolute atomic E-state index is 12.4. The second-order valence-corrected chi connectivity index (χ2v) is 6.34. The number of aromatic carboxylic acids is 1. The van der Waals surface area contributed by atoms with Crippen molar-refractivity contribution < 1.29 is 23.1 Å². The number of aryl methyl sites for hydroxylation is 2. The second-order valence-electron chi connectivity index (χ2n) is 4.66. The Morgan fingerprint density at radius 2 is 2.05 bits per heavy atom. The summed E-state index contributed by atoms with van der Waals surface area (Å²) in [6.07, 6.45) is 1.42. The van der Waals surface area contributed by atoms with Crippen LogP contribution in [0.4, 0.5) is 0 Å². The van der Waals surface area contributed by atoms with Crippen molar-refractivity contribution in [1.82, 2.24) is 4.72 Å². The first-order valence-corrected chi connectivity index (χ1v) is 7.69. The SMILES string of the molecule is C=CC(COC)NS(=O)(=O)c1cc(C(=O)O)c(C)cc1C. The van der Waals surface area contributed by atoms with Crippen molar-refractivity contribution in [1.29, 1.82) is 0 Å². The summed E-state index contributed by atoms with van der Waals surface area (Å²) in [5.74, 6) is -1.17. The summed E-state index contributed by atoms with van der Waals surface area (Å²) in [7, 11) is -2.41. The largest absolute Gasteiger partial charge is 0.478 e. The quantitative estimate of drug-likeness (QED) is 0.744. The lowest BCUT2D eigenvalue weighted by Crippen LogP contribution is -2.36. The Labute approximate surface area is 124 Å². The predicted octanol–water partition coefficient (Wildman–Crippen LogP) is 1.48. The Balaban J connectivity index is 3.28. The number of benzene rings is 1. The van der Waals surface area contributed by atoms with E-state index in [0.717, 1.165) is 0 Å². The molecule has 0 aliphatic carbocycles. The smallest absolute Gasteiger partial charge is 0.335 e. The number of rotatable bonds is 7. The van der Waals surface area contributed by atoms with Crippen LogP contribution in [0.15, 0.2) is 29.7 Å². The van der Waals surface area contributed by atoms with E-state index in [1.54, 1.807) is 13.8 Å². The molecule has 0 spiro atoms. The number of nitrogens with one attached hydrogen (secondary N) is 1. The maximum Gasteiger partial charge on any atom is 0.335 e. The molecule has 0 fully saturated rings. The van der Waals surface area contributed by atoms with Gasteiger partial charge >= 0.3 is 5.97 Å². The molecular formula is C14H19NO5S. The van der Waals surface area contributed by atoms with Crippen LogP contribution in [-0.2, 0) is 14.8 Å². The van der Waals surface area contributed by atoms with Crippen LogP contribution < -0.4 is 4.72 Å². The first-order chi connectivity index (χ1) is 9.72. The Morgan fingerprint density at radius 1 is 1.43 bits per heavy atom. The highest BCUT2D eigenvalue weighted by Crippen LogP contribution is 2.21. The number of ether oxygens (including phenoxy) is 1. The molecule has 0 aliphatic heterocycles. The lowest BCUT2D eigenvalue weighted by atomic mass is 10.1. The summed E-state index contributed by atoms with van der Waals surface area (Å²) >= 11 is 0. The molecule has 1 aromatic rings. The Hall–Kier alpha value is -1.70. The summed E-state index contributed by atoms with van der Waals surface area (Å²) in [6, 6.07) is 2.12. The van der Waals surface area contributed by atoms with E-state index in [4.69, 9.17) is 9.84 Å². The highest BCUT2D eigenvalue weighted by Gasteiger charge is 2.23. The Morgan fingerprint density at radius 3 is 2.52 bits per heavy atom. The summed E-state index contributed by atoms with van der Waals surface area (Å²) in [5.41, 5.74) is 0.948. The van der Waals surface area contributed by atoms with Gasteiger partial charge in [-0.25, -0.2) is 17.9 Å². The van der Waals surface area contributed by atoms with Gasteiger partial charge in [0.2, 0.25) is 10.0 Å². The predicted molar refractivity (Wildman–Crippen MR) is 79.1 cm³/mol. The molecular weight excluding hydrogens is 294 g/mol. The minimum absolute atomic E-state index is 0.0390. The number of hydrogen-bond acceptors (Lipinski definition) is 4. The van der Waals surface area contributed by atoms with Gasteiger partial charge in [-0.3, -0.25) is 0 Å². The Bertz CT molecular complexity index is 652. The standard InChI is InChI=1S/C14H19NO5S/c1-5-11(8-20-4)15-21(18,19)13-7-12(14(16)17)9(2)6-10(13)3/h5-7,11,15H,1,8H2,2-4H3,(H,16,17). The molecule has 21 heavy (non-hydrogen) atoms. The van der Waals surface area contributed by atoms with Gasteiger partial charge in [-0.15, -0.1) is 6.58 Å². The monoisotopic (exact) mass is 313 g/mol. The zero-order valence-electron chi connectivity index (χ0n) is 12.2. The normalized spacial score (nSPS) is 12.9. The molecule has 0 aromatic heterocycles. The van der Waals surface area contributed by atoms with Gasteiger partial charge in [0.05, 0.1) is 23.1 Å². The maximum atomic E-state index is 12.4. The average Bonchev–Trinajstić information content (AvgIpc) is 2.37. The summed E-state index contributed by atoms with van der Waals surface area (Å²) in [4.78, 5) is 11.1. The molecule has 116 valence electrons. The molecule has 1 rings (SSSR count). The number of carbonyl (C=O) groups is 1. The van der Waals surface area contributed by atoms with E-state index in [-0.39, 0.29) is 17.1 Å². The average molecular weight is 313 g/mol. The first-order valence-electron chi connectivity index (χ1n) is 6.21. The number of carboxylic acid groups (broad SMARTS) is 1. The molecule has 1 atom stereocenters. The number of methoxy groups -OCH3 is 1.